The molecular formula is C43H37F2N7O5S2. The molecule has 12 nitrogen and oxygen atoms in total. The highest BCUT2D eigenvalue weighted by molar-refractivity contribution is 7.10. The van der Waals surface area contributed by atoms with Crippen LogP contribution in [-0.4, -0.2) is 47.1 Å². The van der Waals surface area contributed by atoms with E-state index in [-0.39, 0.29) is 23.8 Å². The van der Waals surface area contributed by atoms with Crippen molar-refractivity contribution in [1.29, 1.82) is 0 Å². The lowest BCUT2D eigenvalue weighted by molar-refractivity contribution is -0.137. The molecule has 4 heterocycles. The van der Waals surface area contributed by atoms with E-state index in [9.17, 15) is 18.4 Å². The molecule has 0 aliphatic rings. The number of thiazole rings is 2. The smallest absolute Gasteiger partial charge is 0.303 e. The van der Waals surface area contributed by atoms with Gasteiger partial charge in [-0.2, -0.15) is 9.97 Å². The molecule has 59 heavy (non-hydrogen) atoms. The Morgan fingerprint density at radius 2 is 1.14 bits per heavy atom. The number of carboxylic acid groups (broad SMARTS) is 1. The maximum atomic E-state index is 13.1. The van der Waals surface area contributed by atoms with Crippen molar-refractivity contribution in [3.63, 3.8) is 0 Å². The number of Topliss-reactive ketones (excluding diaryl/α,β-unsaturated/α-hetero) is 1. The van der Waals surface area contributed by atoms with Gasteiger partial charge in [0.15, 0.2) is 0 Å². The fourth-order valence-corrected chi connectivity index (χ4v) is 7.08. The fourth-order valence-electron chi connectivity index (χ4n) is 5.47. The number of carbonyl (C=O) groups is 2. The van der Waals surface area contributed by atoms with Crippen LogP contribution >= 0.6 is 22.7 Å². The van der Waals surface area contributed by atoms with Crippen molar-refractivity contribution in [3.8, 4) is 45.3 Å². The second-order valence-electron chi connectivity index (χ2n) is 13.0. The van der Waals surface area contributed by atoms with Crippen LogP contribution in [0.3, 0.4) is 0 Å². The first kappa shape index (κ1) is 41.8. The zero-order valence-electron chi connectivity index (χ0n) is 31.8. The van der Waals surface area contributed by atoms with Crippen LogP contribution in [0.2, 0.25) is 0 Å². The number of hydrogen-bond acceptors (Lipinski definition) is 13. The summed E-state index contributed by atoms with van der Waals surface area (Å²) in [6.07, 6.45) is 1.87. The Hall–Kier alpha value is -6.78. The van der Waals surface area contributed by atoms with Gasteiger partial charge in [-0.25, -0.2) is 18.7 Å². The Kier molecular flexibility index (Phi) is 14.2. The van der Waals surface area contributed by atoms with Gasteiger partial charge in [0.1, 0.15) is 17.4 Å². The van der Waals surface area contributed by atoms with E-state index in [0.29, 0.717) is 54.8 Å². The van der Waals surface area contributed by atoms with Crippen molar-refractivity contribution < 1.29 is 32.5 Å². The van der Waals surface area contributed by atoms with Crippen LogP contribution < -0.4 is 5.73 Å². The standard InChI is InChI=1S/C22H18FN3O2S.C12H10FNO2S.C9H9N3O/c1-14-24-22(26-28-14)17-4-2-3-15(11-17)12-19(27)9-10-21-25-20(13-29-21)16-5-7-18(23)8-6-16;13-9-3-1-8(2-4-9)10-7-17-11(14-10)5-6-12(15)16;1-6-11-9(12-13-6)7-3-2-4-8(10)5-7/h2-8,11,13H,9-10,12H2,1H3;1-4,7H,5-6H2,(H,15,16);2-5H,10H2,1H3. The molecule has 0 bridgehead atoms. The van der Waals surface area contributed by atoms with Gasteiger partial charge in [-0.05, 0) is 72.3 Å². The molecule has 0 radical (unpaired) electrons. The predicted molar refractivity (Wildman–Crippen MR) is 221 cm³/mol. The van der Waals surface area contributed by atoms with Gasteiger partial charge in [-0.3, -0.25) is 9.59 Å². The normalized spacial score (nSPS) is 10.6. The van der Waals surface area contributed by atoms with Crippen molar-refractivity contribution in [2.45, 2.75) is 46.0 Å². The third kappa shape index (κ3) is 12.6. The zero-order valence-corrected chi connectivity index (χ0v) is 33.5. The molecule has 0 amide bonds. The van der Waals surface area contributed by atoms with Crippen molar-refractivity contribution in [3.05, 3.63) is 147 Å². The second-order valence-corrected chi connectivity index (χ2v) is 14.9. The van der Waals surface area contributed by atoms with Crippen LogP contribution in [0.15, 0.2) is 117 Å². The minimum atomic E-state index is -0.830. The quantitative estimate of drug-likeness (QED) is 0.111. The molecule has 0 unspecified atom stereocenters. The van der Waals surface area contributed by atoms with E-state index in [1.807, 2.05) is 59.3 Å². The average Bonchev–Trinajstić information content (AvgIpc) is 4.07. The maximum Gasteiger partial charge on any atom is 0.303 e. The highest BCUT2D eigenvalue weighted by Crippen LogP contribution is 2.25. The average molecular weight is 834 g/mol. The molecule has 16 heteroatoms. The van der Waals surface area contributed by atoms with E-state index in [1.165, 1.54) is 46.9 Å². The summed E-state index contributed by atoms with van der Waals surface area (Å²) in [6, 6.07) is 27.3. The van der Waals surface area contributed by atoms with E-state index >= 15 is 0 Å². The summed E-state index contributed by atoms with van der Waals surface area (Å²) in [7, 11) is 0. The number of carboxylic acids is 1. The lowest BCUT2D eigenvalue weighted by Crippen LogP contribution is -2.04. The molecule has 8 aromatic rings. The molecule has 0 atom stereocenters. The van der Waals surface area contributed by atoms with E-state index in [4.69, 9.17) is 19.9 Å². The van der Waals surface area contributed by atoms with Gasteiger partial charge in [0.05, 0.1) is 27.8 Å². The molecule has 0 fully saturated rings. The number of benzene rings is 4. The first-order valence-corrected chi connectivity index (χ1v) is 19.9. The summed E-state index contributed by atoms with van der Waals surface area (Å²) in [4.78, 5) is 40.0. The number of hydrogen-bond donors (Lipinski definition) is 2. The van der Waals surface area contributed by atoms with Crippen LogP contribution in [0, 0.1) is 25.5 Å². The van der Waals surface area contributed by atoms with E-state index in [1.54, 1.807) is 38.1 Å². The number of nitrogens with zero attached hydrogens (tertiary/aromatic N) is 6. The van der Waals surface area contributed by atoms with Crippen LogP contribution in [0.25, 0.3) is 45.3 Å². The highest BCUT2D eigenvalue weighted by atomic mass is 32.1. The third-order valence-corrected chi connectivity index (χ3v) is 10.2. The molecule has 0 spiro atoms. The summed E-state index contributed by atoms with van der Waals surface area (Å²) in [5.74, 6) is 0.914. The summed E-state index contributed by atoms with van der Waals surface area (Å²) in [6.45, 7) is 3.49. The Morgan fingerprint density at radius 3 is 1.61 bits per heavy atom. The lowest BCUT2D eigenvalue weighted by atomic mass is 10.0. The number of ketones is 1. The van der Waals surface area contributed by atoms with Crippen LogP contribution in [0.5, 0.6) is 0 Å². The molecule has 0 saturated heterocycles. The first-order valence-electron chi connectivity index (χ1n) is 18.2. The Labute approximate surface area is 345 Å². The topological polar surface area (TPSA) is 184 Å². The monoisotopic (exact) mass is 833 g/mol. The van der Waals surface area contributed by atoms with Crippen molar-refractivity contribution in [1.82, 2.24) is 30.2 Å². The summed E-state index contributed by atoms with van der Waals surface area (Å²) < 4.78 is 35.7. The zero-order chi connectivity index (χ0) is 41.7. The van der Waals surface area contributed by atoms with Gasteiger partial charge in [0, 0.05) is 78.2 Å². The van der Waals surface area contributed by atoms with Crippen molar-refractivity contribution in [2.24, 2.45) is 0 Å². The van der Waals surface area contributed by atoms with Gasteiger partial charge in [0.25, 0.3) is 0 Å². The first-order chi connectivity index (χ1) is 28.5. The highest BCUT2D eigenvalue weighted by Gasteiger charge is 2.12. The van der Waals surface area contributed by atoms with E-state index < -0.39 is 5.97 Å². The van der Waals surface area contributed by atoms with Gasteiger partial charge < -0.3 is 19.9 Å². The van der Waals surface area contributed by atoms with Gasteiger partial charge in [-0.1, -0.05) is 40.6 Å². The van der Waals surface area contributed by atoms with Gasteiger partial charge in [0.2, 0.25) is 23.4 Å². The number of carbonyl (C=O) groups excluding carboxylic acids is 1. The number of rotatable bonds is 12. The van der Waals surface area contributed by atoms with Crippen molar-refractivity contribution >= 4 is 40.1 Å². The number of aromatic nitrogens is 6. The summed E-state index contributed by atoms with van der Waals surface area (Å²) in [5, 5.41) is 21.7. The fraction of sp³-hybridized carbons (Fsp3) is 0.163. The minimum Gasteiger partial charge on any atom is -0.481 e. The SMILES string of the molecule is Cc1nc(-c2cccc(CC(=O)CCc3nc(-c4ccc(F)cc4)cs3)c2)no1.Cc1nc(-c2cccc(N)c2)no1.O=C(O)CCc1nc(-c2ccc(F)cc2)cs1. The van der Waals surface area contributed by atoms with Gasteiger partial charge >= 0.3 is 5.97 Å². The Bertz CT molecular complexity index is 2620. The third-order valence-electron chi connectivity index (χ3n) is 8.34. The molecule has 4 aromatic carbocycles. The molecule has 8 rings (SSSR count). The molecular weight excluding hydrogens is 797 g/mol. The molecule has 0 saturated carbocycles. The van der Waals surface area contributed by atoms with Crippen molar-refractivity contribution in [2.75, 3.05) is 5.73 Å². The number of aliphatic carboxylic acids is 1. The second kappa shape index (κ2) is 20.1. The van der Waals surface area contributed by atoms with Crippen LogP contribution in [0.4, 0.5) is 14.5 Å². The molecule has 4 aromatic heterocycles. The van der Waals surface area contributed by atoms with E-state index in [0.717, 1.165) is 49.2 Å². The lowest BCUT2D eigenvalue weighted by Gasteiger charge is -2.02. The summed E-state index contributed by atoms with van der Waals surface area (Å²) in [5.41, 5.74) is 12.2. The molecule has 300 valence electrons. The molecule has 0 aliphatic carbocycles. The van der Waals surface area contributed by atoms with E-state index in [2.05, 4.69) is 30.2 Å². The maximum absolute atomic E-state index is 13.1. The number of aryl methyl sites for hydroxylation is 4. The largest absolute Gasteiger partial charge is 0.481 e. The molecule has 3 N–H and O–H groups in total. The summed E-state index contributed by atoms with van der Waals surface area (Å²) >= 11 is 2.94. The molecule has 0 aliphatic heterocycles. The Morgan fingerprint density at radius 1 is 0.644 bits per heavy atom. The predicted octanol–water partition coefficient (Wildman–Crippen LogP) is 9.65. The number of anilines is 1. The number of nitrogens with two attached hydrogens (primary N) is 1. The van der Waals surface area contributed by atoms with Gasteiger partial charge in [-0.15, -0.1) is 22.7 Å². The van der Waals surface area contributed by atoms with Crippen LogP contribution in [0.1, 0.15) is 40.2 Å². The minimum absolute atomic E-state index is 0.0797. The number of nitrogen functional groups attached to an aromatic ring is 1. The number of halogens is 2. The van der Waals surface area contributed by atoms with Crippen LogP contribution in [-0.2, 0) is 28.9 Å². The Balaban J connectivity index is 0.000000165.